The van der Waals surface area contributed by atoms with E-state index < -0.39 is 5.97 Å². The van der Waals surface area contributed by atoms with Gasteiger partial charge in [-0.3, -0.25) is 0 Å². The first-order valence-electron chi connectivity index (χ1n) is 6.11. The van der Waals surface area contributed by atoms with E-state index in [1.165, 1.54) is 12.3 Å². The molecule has 110 valence electrons. The van der Waals surface area contributed by atoms with Crippen LogP contribution < -0.4 is 4.74 Å². The van der Waals surface area contributed by atoms with Crippen LogP contribution in [0, 0.1) is 0 Å². The molecule has 21 heavy (non-hydrogen) atoms. The second kappa shape index (κ2) is 6.28. The van der Waals surface area contributed by atoms with Gasteiger partial charge in [-0.1, -0.05) is 37.0 Å². The number of aromatic nitrogens is 2. The Labute approximate surface area is 131 Å². The van der Waals surface area contributed by atoms with Crippen molar-refractivity contribution in [3.8, 4) is 11.5 Å². The summed E-state index contributed by atoms with van der Waals surface area (Å²) in [6.45, 7) is 3.75. The number of benzene rings is 1. The molecule has 1 heterocycles. The van der Waals surface area contributed by atoms with Gasteiger partial charge in [0.2, 0.25) is 0 Å². The van der Waals surface area contributed by atoms with Gasteiger partial charge in [-0.2, -0.15) is 0 Å². The van der Waals surface area contributed by atoms with Gasteiger partial charge in [0, 0.05) is 12.0 Å². The van der Waals surface area contributed by atoms with E-state index in [0.717, 1.165) is 0 Å². The summed E-state index contributed by atoms with van der Waals surface area (Å²) in [5.74, 6) is -0.330. The molecule has 0 fully saturated rings. The minimum Gasteiger partial charge on any atom is -0.476 e. The number of hydrogen-bond donors (Lipinski definition) is 1. The molecule has 1 aromatic carbocycles. The molecule has 5 nitrogen and oxygen atoms in total. The summed E-state index contributed by atoms with van der Waals surface area (Å²) in [6, 6.07) is 4.63. The van der Waals surface area contributed by atoms with Crippen molar-refractivity contribution in [3.63, 3.8) is 0 Å². The third kappa shape index (κ3) is 3.62. The van der Waals surface area contributed by atoms with Crippen molar-refractivity contribution in [1.29, 1.82) is 0 Å². The van der Waals surface area contributed by atoms with E-state index in [2.05, 4.69) is 9.97 Å². The molecule has 0 radical (unpaired) electrons. The minimum atomic E-state index is -1.19. The van der Waals surface area contributed by atoms with Gasteiger partial charge in [0.1, 0.15) is 11.6 Å². The van der Waals surface area contributed by atoms with E-state index in [-0.39, 0.29) is 17.4 Å². The van der Waals surface area contributed by atoms with Crippen molar-refractivity contribution >= 4 is 29.2 Å². The Morgan fingerprint density at radius 1 is 1.29 bits per heavy atom. The second-order valence-corrected chi connectivity index (χ2v) is 5.39. The first-order valence-corrected chi connectivity index (χ1v) is 6.87. The highest BCUT2D eigenvalue weighted by atomic mass is 35.5. The molecule has 0 unspecified atom stereocenters. The van der Waals surface area contributed by atoms with Crippen LogP contribution in [0.1, 0.15) is 36.1 Å². The van der Waals surface area contributed by atoms with Crippen LogP contribution in [-0.4, -0.2) is 21.0 Å². The maximum atomic E-state index is 11.3. The summed E-state index contributed by atoms with van der Waals surface area (Å²) in [7, 11) is 0. The highest BCUT2D eigenvalue weighted by Gasteiger charge is 2.17. The number of nitrogens with zero attached hydrogens (tertiary/aromatic N) is 2. The number of rotatable bonds is 4. The molecule has 0 aliphatic heterocycles. The van der Waals surface area contributed by atoms with Crippen LogP contribution in [0.25, 0.3) is 0 Å². The maximum absolute atomic E-state index is 11.3. The highest BCUT2D eigenvalue weighted by Crippen LogP contribution is 2.30. The number of hydrogen-bond acceptors (Lipinski definition) is 4. The van der Waals surface area contributed by atoms with E-state index in [1.54, 1.807) is 12.1 Å². The van der Waals surface area contributed by atoms with E-state index in [9.17, 15) is 9.90 Å². The van der Waals surface area contributed by atoms with E-state index >= 15 is 0 Å². The van der Waals surface area contributed by atoms with Gasteiger partial charge in [-0.15, -0.1) is 0 Å². The Morgan fingerprint density at radius 2 is 2.00 bits per heavy atom. The SMILES string of the molecule is CC(C)c1ncc(Oc2ccc(Cl)c(Cl)c2)c(C(=O)O)n1. The maximum Gasteiger partial charge on any atom is 0.358 e. The van der Waals surface area contributed by atoms with Gasteiger partial charge in [0.15, 0.2) is 11.4 Å². The summed E-state index contributed by atoms with van der Waals surface area (Å²) in [4.78, 5) is 19.4. The Hall–Kier alpha value is -1.85. The lowest BCUT2D eigenvalue weighted by molar-refractivity contribution is 0.0686. The van der Waals surface area contributed by atoms with Crippen LogP contribution in [0.15, 0.2) is 24.4 Å². The Bertz CT molecular complexity index is 690. The summed E-state index contributed by atoms with van der Waals surface area (Å²) < 4.78 is 5.49. The van der Waals surface area contributed by atoms with Crippen molar-refractivity contribution in [1.82, 2.24) is 9.97 Å². The standard InChI is InChI=1S/C14H12Cl2N2O3/c1-7(2)13-17-6-11(12(18-13)14(19)20)21-8-3-4-9(15)10(16)5-8/h3-7H,1-2H3,(H,19,20). The normalized spacial score (nSPS) is 10.7. The summed E-state index contributed by atoms with van der Waals surface area (Å²) in [6.07, 6.45) is 1.34. The molecule has 0 saturated carbocycles. The van der Waals surface area contributed by atoms with Gasteiger partial charge in [-0.05, 0) is 12.1 Å². The number of carboxylic acids is 1. The Balaban J connectivity index is 2.39. The summed E-state index contributed by atoms with van der Waals surface area (Å²) in [5, 5.41) is 9.93. The zero-order valence-corrected chi connectivity index (χ0v) is 12.8. The number of carboxylic acid groups (broad SMARTS) is 1. The molecule has 0 aliphatic rings. The van der Waals surface area contributed by atoms with Gasteiger partial charge in [0.05, 0.1) is 16.2 Å². The van der Waals surface area contributed by atoms with Gasteiger partial charge in [-0.25, -0.2) is 14.8 Å². The van der Waals surface area contributed by atoms with E-state index in [1.807, 2.05) is 13.8 Å². The lowest BCUT2D eigenvalue weighted by Crippen LogP contribution is -2.08. The molecular formula is C14H12Cl2N2O3. The van der Waals surface area contributed by atoms with Gasteiger partial charge < -0.3 is 9.84 Å². The van der Waals surface area contributed by atoms with E-state index in [4.69, 9.17) is 27.9 Å². The first-order chi connectivity index (χ1) is 9.88. The lowest BCUT2D eigenvalue weighted by Gasteiger charge is -2.10. The first kappa shape index (κ1) is 15.5. The molecular weight excluding hydrogens is 315 g/mol. The van der Waals surface area contributed by atoms with Crippen molar-refractivity contribution in [3.05, 3.63) is 46.0 Å². The average molecular weight is 327 g/mol. The Kier molecular flexibility index (Phi) is 4.65. The monoisotopic (exact) mass is 326 g/mol. The summed E-state index contributed by atoms with van der Waals surface area (Å²) >= 11 is 11.7. The largest absolute Gasteiger partial charge is 0.476 e. The van der Waals surface area contributed by atoms with Gasteiger partial charge in [0.25, 0.3) is 0 Å². The van der Waals surface area contributed by atoms with Crippen molar-refractivity contribution in [2.45, 2.75) is 19.8 Å². The predicted octanol–water partition coefficient (Wildman–Crippen LogP) is 4.40. The zero-order valence-electron chi connectivity index (χ0n) is 11.3. The van der Waals surface area contributed by atoms with Crippen LogP contribution >= 0.6 is 23.2 Å². The summed E-state index contributed by atoms with van der Waals surface area (Å²) in [5.41, 5.74) is -0.195. The third-order valence-corrected chi connectivity index (χ3v) is 3.35. The van der Waals surface area contributed by atoms with Crippen LogP contribution in [0.3, 0.4) is 0 Å². The number of halogens is 2. The number of ether oxygens (including phenoxy) is 1. The molecule has 0 saturated heterocycles. The van der Waals surface area contributed by atoms with Crippen LogP contribution in [0.4, 0.5) is 0 Å². The fourth-order valence-corrected chi connectivity index (χ4v) is 1.85. The molecule has 0 spiro atoms. The molecule has 0 bridgehead atoms. The van der Waals surface area contributed by atoms with Crippen LogP contribution in [-0.2, 0) is 0 Å². The van der Waals surface area contributed by atoms with Crippen LogP contribution in [0.2, 0.25) is 10.0 Å². The van der Waals surface area contributed by atoms with Crippen molar-refractivity contribution in [2.75, 3.05) is 0 Å². The minimum absolute atomic E-state index is 0.0159. The topological polar surface area (TPSA) is 72.3 Å². The Morgan fingerprint density at radius 3 is 2.57 bits per heavy atom. The molecule has 0 atom stereocenters. The van der Waals surface area contributed by atoms with Crippen molar-refractivity contribution in [2.24, 2.45) is 0 Å². The molecule has 1 aromatic heterocycles. The quantitative estimate of drug-likeness (QED) is 0.901. The van der Waals surface area contributed by atoms with E-state index in [0.29, 0.717) is 21.6 Å². The smallest absolute Gasteiger partial charge is 0.358 e. The molecule has 0 aliphatic carbocycles. The molecule has 0 amide bonds. The zero-order chi connectivity index (χ0) is 15.6. The third-order valence-electron chi connectivity index (χ3n) is 2.61. The highest BCUT2D eigenvalue weighted by molar-refractivity contribution is 6.42. The number of carbonyl (C=O) groups is 1. The fourth-order valence-electron chi connectivity index (χ4n) is 1.56. The average Bonchev–Trinajstić information content (AvgIpc) is 2.43. The molecule has 2 aromatic rings. The molecule has 2 rings (SSSR count). The lowest BCUT2D eigenvalue weighted by atomic mass is 10.2. The fraction of sp³-hybridized carbons (Fsp3) is 0.214. The second-order valence-electron chi connectivity index (χ2n) is 4.58. The number of aromatic carboxylic acids is 1. The molecule has 7 heteroatoms. The van der Waals surface area contributed by atoms with Crippen LogP contribution in [0.5, 0.6) is 11.5 Å². The van der Waals surface area contributed by atoms with Gasteiger partial charge >= 0.3 is 5.97 Å². The molecule has 1 N–H and O–H groups in total. The van der Waals surface area contributed by atoms with Crippen molar-refractivity contribution < 1.29 is 14.6 Å². The predicted molar refractivity (Wildman–Crippen MR) is 79.6 cm³/mol.